The number of nitro groups is 1. The van der Waals surface area contributed by atoms with E-state index in [1.165, 1.54) is 49.5 Å². The summed E-state index contributed by atoms with van der Waals surface area (Å²) < 4.78 is 32.2. The monoisotopic (exact) mass is 457 g/mol. The fourth-order valence-corrected chi connectivity index (χ4v) is 4.44. The molecule has 0 bridgehead atoms. The Morgan fingerprint density at radius 3 is 2.38 bits per heavy atom. The lowest BCUT2D eigenvalue weighted by Gasteiger charge is -2.07. The number of esters is 1. The van der Waals surface area contributed by atoms with Gasteiger partial charge < -0.3 is 10.1 Å². The van der Waals surface area contributed by atoms with Crippen molar-refractivity contribution in [1.29, 1.82) is 0 Å². The number of hydrogen-bond donors (Lipinski definition) is 1. The highest BCUT2D eigenvalue weighted by Gasteiger charge is 2.23. The SMILES string of the molecule is COC(=O)/C(=C/c1cn(S(=O)(=O)c2ccc(C)cc2)c2ccc([N+](=O)[O-])cc12)NC(C)=O. The number of methoxy groups -OCH3 is 1. The highest BCUT2D eigenvalue weighted by molar-refractivity contribution is 7.90. The van der Waals surface area contributed by atoms with Crippen LogP contribution in [0, 0.1) is 17.0 Å². The summed E-state index contributed by atoms with van der Waals surface area (Å²) in [5.41, 5.74) is 0.677. The number of rotatable bonds is 6. The number of nitro benzene ring substituents is 1. The number of aryl methyl sites for hydroxylation is 1. The Morgan fingerprint density at radius 1 is 1.16 bits per heavy atom. The number of non-ortho nitro benzene ring substituents is 1. The quantitative estimate of drug-likeness (QED) is 0.260. The molecular formula is C21H19N3O7S. The summed E-state index contributed by atoms with van der Waals surface area (Å²) in [7, 11) is -2.95. The summed E-state index contributed by atoms with van der Waals surface area (Å²) in [6, 6.07) is 9.90. The zero-order valence-electron chi connectivity index (χ0n) is 17.4. The average Bonchev–Trinajstić information content (AvgIpc) is 3.11. The van der Waals surface area contributed by atoms with Gasteiger partial charge in [-0.25, -0.2) is 17.2 Å². The highest BCUT2D eigenvalue weighted by Crippen LogP contribution is 2.30. The number of carbonyl (C=O) groups excluding carboxylic acids is 2. The minimum Gasteiger partial charge on any atom is -0.464 e. The molecule has 1 heterocycles. The molecule has 0 saturated heterocycles. The third-order valence-electron chi connectivity index (χ3n) is 4.59. The molecule has 3 aromatic rings. The summed E-state index contributed by atoms with van der Waals surface area (Å²) >= 11 is 0. The van der Waals surface area contributed by atoms with Crippen LogP contribution in [0.2, 0.25) is 0 Å². The van der Waals surface area contributed by atoms with Crippen LogP contribution in [0.5, 0.6) is 0 Å². The van der Waals surface area contributed by atoms with E-state index in [-0.39, 0.29) is 32.7 Å². The molecule has 0 atom stereocenters. The van der Waals surface area contributed by atoms with Gasteiger partial charge in [-0.1, -0.05) is 17.7 Å². The van der Waals surface area contributed by atoms with Crippen molar-refractivity contribution in [3.8, 4) is 0 Å². The largest absolute Gasteiger partial charge is 0.464 e. The van der Waals surface area contributed by atoms with Gasteiger partial charge >= 0.3 is 5.97 Å². The smallest absolute Gasteiger partial charge is 0.354 e. The first-order valence-corrected chi connectivity index (χ1v) is 10.7. The maximum atomic E-state index is 13.3. The Bertz CT molecular complexity index is 1370. The van der Waals surface area contributed by atoms with Crippen LogP contribution < -0.4 is 5.32 Å². The van der Waals surface area contributed by atoms with Gasteiger partial charge in [0.15, 0.2) is 0 Å². The zero-order chi connectivity index (χ0) is 23.6. The van der Waals surface area contributed by atoms with Crippen LogP contribution in [0.15, 0.2) is 59.3 Å². The number of fused-ring (bicyclic) bond motifs is 1. The second-order valence-electron chi connectivity index (χ2n) is 6.89. The summed E-state index contributed by atoms with van der Waals surface area (Å²) in [5.74, 6) is -1.42. The minimum absolute atomic E-state index is 0.0175. The van der Waals surface area contributed by atoms with Crippen LogP contribution in [0.3, 0.4) is 0 Å². The van der Waals surface area contributed by atoms with Gasteiger partial charge in [-0.05, 0) is 31.2 Å². The molecule has 1 aromatic heterocycles. The molecule has 0 radical (unpaired) electrons. The van der Waals surface area contributed by atoms with Gasteiger partial charge in [0.05, 0.1) is 22.4 Å². The van der Waals surface area contributed by atoms with Crippen LogP contribution in [-0.2, 0) is 24.3 Å². The van der Waals surface area contributed by atoms with Crippen LogP contribution in [0.4, 0.5) is 5.69 Å². The molecule has 166 valence electrons. The molecule has 1 N–H and O–H groups in total. The van der Waals surface area contributed by atoms with Crippen LogP contribution in [-0.4, -0.2) is 36.3 Å². The molecule has 32 heavy (non-hydrogen) atoms. The maximum Gasteiger partial charge on any atom is 0.354 e. The zero-order valence-corrected chi connectivity index (χ0v) is 18.2. The lowest BCUT2D eigenvalue weighted by atomic mass is 10.1. The molecule has 1 amide bonds. The number of ether oxygens (including phenoxy) is 1. The van der Waals surface area contributed by atoms with Crippen molar-refractivity contribution in [2.45, 2.75) is 18.7 Å². The number of hydrogen-bond acceptors (Lipinski definition) is 7. The molecular weight excluding hydrogens is 438 g/mol. The lowest BCUT2D eigenvalue weighted by Crippen LogP contribution is -2.25. The Morgan fingerprint density at radius 2 is 1.81 bits per heavy atom. The number of benzene rings is 2. The van der Waals surface area contributed by atoms with E-state index in [4.69, 9.17) is 0 Å². The van der Waals surface area contributed by atoms with Gasteiger partial charge in [0.2, 0.25) is 5.91 Å². The number of amides is 1. The number of nitrogens with zero attached hydrogens (tertiary/aromatic N) is 2. The highest BCUT2D eigenvalue weighted by atomic mass is 32.2. The van der Waals surface area contributed by atoms with E-state index in [1.54, 1.807) is 12.1 Å². The molecule has 0 saturated carbocycles. The van der Waals surface area contributed by atoms with Gasteiger partial charge in [0.1, 0.15) is 5.70 Å². The van der Waals surface area contributed by atoms with Crippen molar-refractivity contribution < 1.29 is 27.7 Å². The first-order valence-electron chi connectivity index (χ1n) is 9.24. The van der Waals surface area contributed by atoms with E-state index < -0.39 is 26.8 Å². The molecule has 0 aliphatic carbocycles. The molecule has 0 unspecified atom stereocenters. The Labute approximate surface area is 183 Å². The fraction of sp³-hybridized carbons (Fsp3) is 0.143. The molecule has 2 aromatic carbocycles. The van der Waals surface area contributed by atoms with Gasteiger partial charge in [-0.3, -0.25) is 14.9 Å². The van der Waals surface area contributed by atoms with E-state index in [0.717, 1.165) is 16.6 Å². The normalized spacial score (nSPS) is 11.9. The van der Waals surface area contributed by atoms with Crippen LogP contribution in [0.25, 0.3) is 17.0 Å². The molecule has 10 nitrogen and oxygen atoms in total. The van der Waals surface area contributed by atoms with Crippen LogP contribution in [0.1, 0.15) is 18.1 Å². The summed E-state index contributed by atoms with van der Waals surface area (Å²) in [5, 5.41) is 13.8. The van der Waals surface area contributed by atoms with Crippen molar-refractivity contribution in [2.24, 2.45) is 0 Å². The summed E-state index contributed by atoms with van der Waals surface area (Å²) in [6.07, 6.45) is 2.44. The predicted octanol–water partition coefficient (Wildman–Crippen LogP) is 2.74. The molecule has 3 rings (SSSR count). The Hall–Kier alpha value is -3.99. The van der Waals surface area contributed by atoms with E-state index >= 15 is 0 Å². The second kappa shape index (κ2) is 8.63. The summed E-state index contributed by atoms with van der Waals surface area (Å²) in [4.78, 5) is 34.2. The van der Waals surface area contributed by atoms with Crippen molar-refractivity contribution in [1.82, 2.24) is 9.29 Å². The average molecular weight is 457 g/mol. The molecule has 0 fully saturated rings. The lowest BCUT2D eigenvalue weighted by molar-refractivity contribution is -0.384. The van der Waals surface area contributed by atoms with E-state index in [9.17, 15) is 28.1 Å². The second-order valence-corrected chi connectivity index (χ2v) is 8.70. The van der Waals surface area contributed by atoms with Gasteiger partial charge in [0, 0.05) is 36.2 Å². The number of nitrogens with one attached hydrogen (secondary N) is 1. The molecule has 0 aliphatic heterocycles. The molecule has 11 heteroatoms. The van der Waals surface area contributed by atoms with Gasteiger partial charge in [-0.2, -0.15) is 0 Å². The first kappa shape index (κ1) is 22.7. The Balaban J connectivity index is 2.31. The Kier molecular flexibility index (Phi) is 6.12. The third-order valence-corrected chi connectivity index (χ3v) is 6.28. The number of aromatic nitrogens is 1. The standard InChI is InChI=1S/C21H19N3O7S/c1-13-4-7-17(8-5-13)32(29,30)23-12-15(10-19(21(26)31-3)22-14(2)25)18-11-16(24(27)28)6-9-20(18)23/h4-12H,1-3H3,(H,22,25)/b19-10-. The first-order chi connectivity index (χ1) is 15.0. The van der Waals surface area contributed by atoms with Crippen molar-refractivity contribution in [3.05, 3.63) is 75.6 Å². The van der Waals surface area contributed by atoms with Gasteiger partial charge in [-0.15, -0.1) is 0 Å². The predicted molar refractivity (Wildman–Crippen MR) is 116 cm³/mol. The summed E-state index contributed by atoms with van der Waals surface area (Å²) in [6.45, 7) is 3.01. The number of carbonyl (C=O) groups is 2. The van der Waals surface area contributed by atoms with E-state index in [2.05, 4.69) is 10.1 Å². The van der Waals surface area contributed by atoms with Crippen molar-refractivity contribution >= 4 is 44.6 Å². The topological polar surface area (TPSA) is 138 Å². The minimum atomic E-state index is -4.07. The van der Waals surface area contributed by atoms with Crippen molar-refractivity contribution in [2.75, 3.05) is 7.11 Å². The maximum absolute atomic E-state index is 13.3. The molecule has 0 aliphatic rings. The van der Waals surface area contributed by atoms with Crippen molar-refractivity contribution in [3.63, 3.8) is 0 Å². The van der Waals surface area contributed by atoms with Gasteiger partial charge in [0.25, 0.3) is 15.7 Å². The third kappa shape index (κ3) is 4.37. The van der Waals surface area contributed by atoms with E-state index in [1.807, 2.05) is 6.92 Å². The fourth-order valence-electron chi connectivity index (χ4n) is 3.07. The van der Waals surface area contributed by atoms with Crippen LogP contribution >= 0.6 is 0 Å². The van der Waals surface area contributed by atoms with E-state index in [0.29, 0.717) is 0 Å². The molecule has 0 spiro atoms.